The van der Waals surface area contributed by atoms with Gasteiger partial charge >= 0.3 is 0 Å². The molecule has 2 aromatic heterocycles. The Bertz CT molecular complexity index is 892. The van der Waals surface area contributed by atoms with E-state index in [4.69, 9.17) is 0 Å². The van der Waals surface area contributed by atoms with E-state index >= 15 is 0 Å². The highest BCUT2D eigenvalue weighted by atomic mass is 32.2. The highest BCUT2D eigenvalue weighted by molar-refractivity contribution is 7.91. The fourth-order valence-electron chi connectivity index (χ4n) is 2.44. The van der Waals surface area contributed by atoms with Crippen molar-refractivity contribution in [3.05, 3.63) is 83.0 Å². The number of aryl methyl sites for hydroxylation is 1. The van der Waals surface area contributed by atoms with Crippen molar-refractivity contribution in [1.82, 2.24) is 9.29 Å². The van der Waals surface area contributed by atoms with E-state index in [-0.39, 0.29) is 0 Å². The van der Waals surface area contributed by atoms with Crippen molar-refractivity contribution in [2.45, 2.75) is 24.2 Å². The zero-order chi connectivity index (χ0) is 17.0. The topological polar surface area (TPSA) is 50.3 Å². The molecular weight excluding hydrogens is 340 g/mol. The Labute approximate surface area is 146 Å². The van der Waals surface area contributed by atoms with Gasteiger partial charge in [0, 0.05) is 25.5 Å². The molecule has 3 aromatic rings. The van der Waals surface area contributed by atoms with Crippen LogP contribution >= 0.6 is 11.3 Å². The molecule has 0 saturated heterocycles. The standard InChI is InChI=1S/C18H18N2O2S2/c1-15-6-2-3-8-17(15)14-20(13-16-7-4-10-19-12-16)24(21,22)18-9-5-11-23-18/h2-12H,13-14H2,1H3. The highest BCUT2D eigenvalue weighted by Gasteiger charge is 2.26. The summed E-state index contributed by atoms with van der Waals surface area (Å²) in [5.74, 6) is 0. The number of aromatic nitrogens is 1. The molecule has 0 atom stereocenters. The lowest BCUT2D eigenvalue weighted by Gasteiger charge is -2.22. The van der Waals surface area contributed by atoms with Crippen LogP contribution in [0.5, 0.6) is 0 Å². The quantitative estimate of drug-likeness (QED) is 0.673. The molecule has 0 spiro atoms. The largest absolute Gasteiger partial charge is 0.264 e. The predicted molar refractivity (Wildman–Crippen MR) is 96.2 cm³/mol. The van der Waals surface area contributed by atoms with Gasteiger partial charge in [0.1, 0.15) is 4.21 Å². The normalized spacial score (nSPS) is 11.8. The molecule has 124 valence electrons. The van der Waals surface area contributed by atoms with Gasteiger partial charge in [0.25, 0.3) is 10.0 Å². The zero-order valence-electron chi connectivity index (χ0n) is 13.3. The van der Waals surface area contributed by atoms with Crippen LogP contribution in [-0.4, -0.2) is 17.7 Å². The summed E-state index contributed by atoms with van der Waals surface area (Å²) in [7, 11) is -3.55. The third kappa shape index (κ3) is 3.72. The second kappa shape index (κ2) is 7.25. The lowest BCUT2D eigenvalue weighted by molar-refractivity contribution is 0.401. The molecule has 4 nitrogen and oxygen atoms in total. The smallest absolute Gasteiger partial charge is 0.253 e. The van der Waals surface area contributed by atoms with Crippen molar-refractivity contribution < 1.29 is 8.42 Å². The van der Waals surface area contributed by atoms with Crippen molar-refractivity contribution in [2.75, 3.05) is 0 Å². The van der Waals surface area contributed by atoms with Crippen LogP contribution in [0, 0.1) is 6.92 Å². The predicted octanol–water partition coefficient (Wildman–Crippen LogP) is 3.84. The highest BCUT2D eigenvalue weighted by Crippen LogP contribution is 2.25. The number of sulfonamides is 1. The van der Waals surface area contributed by atoms with E-state index in [0.717, 1.165) is 16.7 Å². The fraction of sp³-hybridized carbons (Fsp3) is 0.167. The van der Waals surface area contributed by atoms with Gasteiger partial charge in [-0.1, -0.05) is 36.4 Å². The van der Waals surface area contributed by atoms with Gasteiger partial charge in [-0.2, -0.15) is 4.31 Å². The fourth-order valence-corrected chi connectivity index (χ4v) is 4.99. The van der Waals surface area contributed by atoms with Crippen LogP contribution in [-0.2, 0) is 23.1 Å². The number of rotatable bonds is 6. The molecule has 1 aromatic carbocycles. The molecule has 0 aliphatic heterocycles. The van der Waals surface area contributed by atoms with E-state index in [2.05, 4.69) is 4.98 Å². The van der Waals surface area contributed by atoms with Gasteiger partial charge in [-0.05, 0) is 41.1 Å². The van der Waals surface area contributed by atoms with E-state index in [1.54, 1.807) is 29.9 Å². The Morgan fingerprint density at radius 3 is 2.54 bits per heavy atom. The van der Waals surface area contributed by atoms with E-state index in [1.165, 1.54) is 15.6 Å². The van der Waals surface area contributed by atoms with Crippen LogP contribution in [0.4, 0.5) is 0 Å². The van der Waals surface area contributed by atoms with Crippen LogP contribution in [0.25, 0.3) is 0 Å². The minimum Gasteiger partial charge on any atom is -0.264 e. The molecule has 0 aliphatic carbocycles. The maximum Gasteiger partial charge on any atom is 0.253 e. The second-order valence-electron chi connectivity index (χ2n) is 5.49. The number of hydrogen-bond donors (Lipinski definition) is 0. The summed E-state index contributed by atoms with van der Waals surface area (Å²) < 4.78 is 27.9. The average Bonchev–Trinajstić information content (AvgIpc) is 3.12. The lowest BCUT2D eigenvalue weighted by Crippen LogP contribution is -2.30. The van der Waals surface area contributed by atoms with E-state index in [1.807, 2.05) is 43.3 Å². The van der Waals surface area contributed by atoms with Crippen LogP contribution in [0.15, 0.2) is 70.5 Å². The maximum atomic E-state index is 13.0. The van der Waals surface area contributed by atoms with Gasteiger partial charge in [0.2, 0.25) is 0 Å². The minimum absolute atomic E-state index is 0.294. The first-order valence-corrected chi connectivity index (χ1v) is 9.86. The first kappa shape index (κ1) is 16.8. The van der Waals surface area contributed by atoms with Gasteiger partial charge in [0.05, 0.1) is 0 Å². The Balaban J connectivity index is 1.96. The SMILES string of the molecule is Cc1ccccc1CN(Cc1cccnc1)S(=O)(=O)c1cccs1. The third-order valence-electron chi connectivity index (χ3n) is 3.78. The van der Waals surface area contributed by atoms with Gasteiger partial charge in [0.15, 0.2) is 0 Å². The van der Waals surface area contributed by atoms with Gasteiger partial charge in [-0.25, -0.2) is 8.42 Å². The van der Waals surface area contributed by atoms with Gasteiger partial charge in [-0.15, -0.1) is 11.3 Å². The van der Waals surface area contributed by atoms with Crippen LogP contribution in [0.1, 0.15) is 16.7 Å². The summed E-state index contributed by atoms with van der Waals surface area (Å²) >= 11 is 1.24. The molecule has 0 bridgehead atoms. The Morgan fingerprint density at radius 1 is 1.04 bits per heavy atom. The molecule has 6 heteroatoms. The molecule has 3 rings (SSSR count). The van der Waals surface area contributed by atoms with Crippen molar-refractivity contribution in [2.24, 2.45) is 0 Å². The van der Waals surface area contributed by atoms with Crippen molar-refractivity contribution >= 4 is 21.4 Å². The van der Waals surface area contributed by atoms with Crippen LogP contribution in [0.3, 0.4) is 0 Å². The number of benzene rings is 1. The maximum absolute atomic E-state index is 13.0. The molecule has 2 heterocycles. The Kier molecular flexibility index (Phi) is 5.08. The van der Waals surface area contributed by atoms with Crippen LogP contribution in [0.2, 0.25) is 0 Å². The zero-order valence-corrected chi connectivity index (χ0v) is 14.9. The number of hydrogen-bond acceptors (Lipinski definition) is 4. The van der Waals surface area contributed by atoms with Gasteiger partial charge < -0.3 is 0 Å². The molecule has 0 fully saturated rings. The van der Waals surface area contributed by atoms with E-state index in [9.17, 15) is 8.42 Å². The summed E-state index contributed by atoms with van der Waals surface area (Å²) in [5.41, 5.74) is 2.95. The third-order valence-corrected chi connectivity index (χ3v) is 6.94. The van der Waals surface area contributed by atoms with Gasteiger partial charge in [-0.3, -0.25) is 4.98 Å². The Hall–Kier alpha value is -2.02. The summed E-state index contributed by atoms with van der Waals surface area (Å²) in [4.78, 5) is 4.09. The molecule has 0 unspecified atom stereocenters. The molecule has 0 radical (unpaired) electrons. The average molecular weight is 358 g/mol. The van der Waals surface area contributed by atoms with Crippen molar-refractivity contribution in [1.29, 1.82) is 0 Å². The molecule has 0 N–H and O–H groups in total. The summed E-state index contributed by atoms with van der Waals surface area (Å²) in [6, 6.07) is 15.0. The molecular formula is C18H18N2O2S2. The number of thiophene rings is 1. The summed E-state index contributed by atoms with van der Waals surface area (Å²) in [6.07, 6.45) is 3.39. The van der Waals surface area contributed by atoms with Crippen LogP contribution < -0.4 is 0 Å². The lowest BCUT2D eigenvalue weighted by atomic mass is 10.1. The van der Waals surface area contributed by atoms with E-state index < -0.39 is 10.0 Å². The molecule has 24 heavy (non-hydrogen) atoms. The minimum atomic E-state index is -3.55. The molecule has 0 amide bonds. The van der Waals surface area contributed by atoms with E-state index in [0.29, 0.717) is 17.3 Å². The van der Waals surface area contributed by atoms with Crippen molar-refractivity contribution in [3.8, 4) is 0 Å². The molecule has 0 saturated carbocycles. The number of pyridine rings is 1. The summed E-state index contributed by atoms with van der Waals surface area (Å²) in [5, 5.41) is 1.78. The Morgan fingerprint density at radius 2 is 1.88 bits per heavy atom. The monoisotopic (exact) mass is 358 g/mol. The first-order valence-electron chi connectivity index (χ1n) is 7.54. The molecule has 0 aliphatic rings. The summed E-state index contributed by atoms with van der Waals surface area (Å²) in [6.45, 7) is 2.62. The van der Waals surface area contributed by atoms with Crippen molar-refractivity contribution in [3.63, 3.8) is 0 Å². The second-order valence-corrected chi connectivity index (χ2v) is 8.61. The first-order chi connectivity index (χ1) is 11.6. The number of nitrogens with zero attached hydrogens (tertiary/aromatic N) is 2.